The van der Waals surface area contributed by atoms with Crippen molar-refractivity contribution in [2.75, 3.05) is 5.32 Å². The Morgan fingerprint density at radius 1 is 1.19 bits per heavy atom. The van der Waals surface area contributed by atoms with Crippen LogP contribution in [0, 0.1) is 6.92 Å². The van der Waals surface area contributed by atoms with E-state index in [0.717, 1.165) is 17.7 Å². The van der Waals surface area contributed by atoms with Crippen LogP contribution in [-0.2, 0) is 6.42 Å². The van der Waals surface area contributed by atoms with E-state index in [1.165, 1.54) is 11.6 Å². The number of ketones is 1. The van der Waals surface area contributed by atoms with E-state index in [1.54, 1.807) is 6.20 Å². The number of nitrogens with one attached hydrogen (secondary N) is 1. The molecular formula is C18H18ClNO. The van der Waals surface area contributed by atoms with Crippen molar-refractivity contribution in [3.8, 4) is 0 Å². The number of carbonyl (C=O) groups excluding carboxylic acids is 1. The first kappa shape index (κ1) is 15.3. The molecule has 0 aromatic heterocycles. The van der Waals surface area contributed by atoms with E-state index < -0.39 is 0 Å². The van der Waals surface area contributed by atoms with Crippen LogP contribution in [0.5, 0.6) is 0 Å². The van der Waals surface area contributed by atoms with Gasteiger partial charge < -0.3 is 5.32 Å². The third kappa shape index (κ3) is 4.20. The van der Waals surface area contributed by atoms with Gasteiger partial charge in [-0.1, -0.05) is 48.9 Å². The summed E-state index contributed by atoms with van der Waals surface area (Å²) < 4.78 is 0. The van der Waals surface area contributed by atoms with Crippen LogP contribution in [0.25, 0.3) is 0 Å². The number of carbonyl (C=O) groups is 1. The summed E-state index contributed by atoms with van der Waals surface area (Å²) in [7, 11) is 0. The van der Waals surface area contributed by atoms with Crippen molar-refractivity contribution in [3.05, 3.63) is 76.5 Å². The van der Waals surface area contributed by atoms with Gasteiger partial charge in [0.15, 0.2) is 5.78 Å². The van der Waals surface area contributed by atoms with Crippen LogP contribution in [0.2, 0.25) is 5.02 Å². The van der Waals surface area contributed by atoms with Gasteiger partial charge in [-0.15, -0.1) is 0 Å². The molecule has 1 N–H and O–H groups in total. The van der Waals surface area contributed by atoms with Gasteiger partial charge in [-0.05, 0) is 36.6 Å². The molecule has 108 valence electrons. The molecule has 0 spiro atoms. The first-order valence-electron chi connectivity index (χ1n) is 6.92. The summed E-state index contributed by atoms with van der Waals surface area (Å²) in [6.07, 6.45) is 4.15. The molecule has 0 unspecified atom stereocenters. The Labute approximate surface area is 130 Å². The lowest BCUT2D eigenvalue weighted by Gasteiger charge is -2.05. The fourth-order valence-corrected chi connectivity index (χ4v) is 2.13. The van der Waals surface area contributed by atoms with Crippen LogP contribution >= 0.6 is 11.6 Å². The zero-order valence-corrected chi connectivity index (χ0v) is 12.9. The maximum absolute atomic E-state index is 12.0. The van der Waals surface area contributed by atoms with Crippen LogP contribution in [0.1, 0.15) is 28.4 Å². The minimum atomic E-state index is -0.0233. The Bertz CT molecular complexity index is 659. The molecule has 0 radical (unpaired) electrons. The van der Waals surface area contributed by atoms with E-state index in [9.17, 15) is 4.79 Å². The van der Waals surface area contributed by atoms with E-state index in [4.69, 9.17) is 11.6 Å². The SMILES string of the molecule is CCc1ccc(C(=O)/C=C/Nc2cc(Cl)ccc2C)cc1. The average molecular weight is 300 g/mol. The number of allylic oxidation sites excluding steroid dienone is 1. The summed E-state index contributed by atoms with van der Waals surface area (Å²) in [4.78, 5) is 12.0. The second-order valence-electron chi connectivity index (χ2n) is 4.85. The molecule has 0 atom stereocenters. The first-order valence-corrected chi connectivity index (χ1v) is 7.30. The Morgan fingerprint density at radius 3 is 2.57 bits per heavy atom. The summed E-state index contributed by atoms with van der Waals surface area (Å²) >= 11 is 5.95. The van der Waals surface area contributed by atoms with E-state index in [2.05, 4.69) is 12.2 Å². The molecule has 21 heavy (non-hydrogen) atoms. The second-order valence-corrected chi connectivity index (χ2v) is 5.29. The molecule has 0 aliphatic rings. The van der Waals surface area contributed by atoms with Crippen LogP contribution in [-0.4, -0.2) is 5.78 Å². The molecular weight excluding hydrogens is 282 g/mol. The van der Waals surface area contributed by atoms with Crippen LogP contribution in [0.3, 0.4) is 0 Å². The van der Waals surface area contributed by atoms with Crippen molar-refractivity contribution in [2.24, 2.45) is 0 Å². The highest BCUT2D eigenvalue weighted by molar-refractivity contribution is 6.30. The number of benzene rings is 2. The predicted molar refractivity (Wildman–Crippen MR) is 89.1 cm³/mol. The molecule has 0 fully saturated rings. The zero-order chi connectivity index (χ0) is 15.2. The first-order chi connectivity index (χ1) is 10.1. The van der Waals surface area contributed by atoms with Crippen molar-refractivity contribution in [1.29, 1.82) is 0 Å². The largest absolute Gasteiger partial charge is 0.361 e. The fourth-order valence-electron chi connectivity index (χ4n) is 1.96. The van der Waals surface area contributed by atoms with Crippen molar-refractivity contribution in [2.45, 2.75) is 20.3 Å². The highest BCUT2D eigenvalue weighted by Crippen LogP contribution is 2.20. The van der Waals surface area contributed by atoms with E-state index in [-0.39, 0.29) is 5.78 Å². The number of hydrogen-bond donors (Lipinski definition) is 1. The second kappa shape index (κ2) is 7.09. The van der Waals surface area contributed by atoms with Crippen molar-refractivity contribution in [3.63, 3.8) is 0 Å². The topological polar surface area (TPSA) is 29.1 Å². The van der Waals surface area contributed by atoms with E-state index in [1.807, 2.05) is 49.4 Å². The Balaban J connectivity index is 2.03. The van der Waals surface area contributed by atoms with Gasteiger partial charge in [0.1, 0.15) is 0 Å². The summed E-state index contributed by atoms with van der Waals surface area (Å²) in [5.74, 6) is -0.0233. The molecule has 0 saturated carbocycles. The van der Waals surface area contributed by atoms with Crippen molar-refractivity contribution in [1.82, 2.24) is 0 Å². The molecule has 0 aliphatic carbocycles. The predicted octanol–water partition coefficient (Wildman–Crippen LogP) is 5.02. The number of halogens is 1. The zero-order valence-electron chi connectivity index (χ0n) is 12.2. The minimum absolute atomic E-state index is 0.0233. The highest BCUT2D eigenvalue weighted by atomic mass is 35.5. The minimum Gasteiger partial charge on any atom is -0.361 e. The summed E-state index contributed by atoms with van der Waals surface area (Å²) in [5, 5.41) is 3.76. The lowest BCUT2D eigenvalue weighted by atomic mass is 10.1. The maximum atomic E-state index is 12.0. The number of hydrogen-bond acceptors (Lipinski definition) is 2. The Hall–Kier alpha value is -2.06. The highest BCUT2D eigenvalue weighted by Gasteiger charge is 2.01. The van der Waals surface area contributed by atoms with Gasteiger partial charge in [-0.25, -0.2) is 0 Å². The normalized spacial score (nSPS) is 10.8. The molecule has 0 heterocycles. The molecule has 0 aliphatic heterocycles. The molecule has 0 amide bonds. The van der Waals surface area contributed by atoms with E-state index in [0.29, 0.717) is 10.6 Å². The van der Waals surface area contributed by atoms with Crippen LogP contribution in [0.4, 0.5) is 5.69 Å². The third-order valence-corrected chi connectivity index (χ3v) is 3.55. The van der Waals surface area contributed by atoms with Gasteiger partial charge in [-0.2, -0.15) is 0 Å². The van der Waals surface area contributed by atoms with Gasteiger partial charge >= 0.3 is 0 Å². The van der Waals surface area contributed by atoms with Crippen LogP contribution < -0.4 is 5.32 Å². The Kier molecular flexibility index (Phi) is 5.18. The van der Waals surface area contributed by atoms with Gasteiger partial charge in [-0.3, -0.25) is 4.79 Å². The van der Waals surface area contributed by atoms with Crippen molar-refractivity contribution >= 4 is 23.1 Å². The standard InChI is InChI=1S/C18H18ClNO/c1-3-14-5-7-15(8-6-14)18(21)10-11-20-17-12-16(19)9-4-13(17)2/h4-12,20H,3H2,1-2H3/b11-10+. The molecule has 2 aromatic rings. The number of aryl methyl sites for hydroxylation is 2. The summed E-state index contributed by atoms with van der Waals surface area (Å²) in [6.45, 7) is 4.08. The number of anilines is 1. The van der Waals surface area contributed by atoms with E-state index >= 15 is 0 Å². The van der Waals surface area contributed by atoms with Gasteiger partial charge in [0, 0.05) is 28.5 Å². The monoisotopic (exact) mass is 299 g/mol. The molecule has 2 aromatic carbocycles. The number of rotatable bonds is 5. The third-order valence-electron chi connectivity index (χ3n) is 3.32. The molecule has 0 bridgehead atoms. The molecule has 0 saturated heterocycles. The lowest BCUT2D eigenvalue weighted by molar-refractivity contribution is 0.104. The van der Waals surface area contributed by atoms with Gasteiger partial charge in [0.25, 0.3) is 0 Å². The average Bonchev–Trinajstić information content (AvgIpc) is 2.50. The van der Waals surface area contributed by atoms with Gasteiger partial charge in [0.2, 0.25) is 0 Å². The molecule has 2 nitrogen and oxygen atoms in total. The van der Waals surface area contributed by atoms with Crippen LogP contribution in [0.15, 0.2) is 54.7 Å². The quantitative estimate of drug-likeness (QED) is 0.620. The Morgan fingerprint density at radius 2 is 1.90 bits per heavy atom. The lowest BCUT2D eigenvalue weighted by Crippen LogP contribution is -1.97. The molecule has 2 rings (SSSR count). The summed E-state index contributed by atoms with van der Waals surface area (Å²) in [6, 6.07) is 13.3. The maximum Gasteiger partial charge on any atom is 0.187 e. The summed E-state index contributed by atoms with van der Waals surface area (Å²) in [5.41, 5.74) is 3.88. The fraction of sp³-hybridized carbons (Fsp3) is 0.167. The smallest absolute Gasteiger partial charge is 0.187 e. The molecule has 3 heteroatoms. The van der Waals surface area contributed by atoms with Gasteiger partial charge in [0.05, 0.1) is 0 Å². The van der Waals surface area contributed by atoms with Crippen molar-refractivity contribution < 1.29 is 4.79 Å².